The fourth-order valence-corrected chi connectivity index (χ4v) is 2.53. The number of nitrogens with zero attached hydrogens (tertiary/aromatic N) is 2. The maximum Gasteiger partial charge on any atom is 0.185 e. The topological polar surface area (TPSA) is 51.4 Å². The first-order chi connectivity index (χ1) is 7.18. The highest BCUT2D eigenvalue weighted by molar-refractivity contribution is 7.15. The molecule has 0 amide bonds. The predicted molar refractivity (Wildman–Crippen MR) is 62.3 cm³/mol. The predicted octanol–water partition coefficient (Wildman–Crippen LogP) is 1.39. The highest BCUT2D eigenvalue weighted by atomic mass is 32.1. The van der Waals surface area contributed by atoms with Gasteiger partial charge in [0.2, 0.25) is 0 Å². The number of anilines is 1. The normalized spacial score (nSPS) is 23.0. The number of hydrogen-bond acceptors (Lipinski definition) is 5. The Labute approximate surface area is 94.1 Å². The lowest BCUT2D eigenvalue weighted by Crippen LogP contribution is -2.31. The quantitative estimate of drug-likeness (QED) is 0.847. The summed E-state index contributed by atoms with van der Waals surface area (Å²) in [5.74, 6) is 0. The van der Waals surface area contributed by atoms with E-state index in [9.17, 15) is 0 Å². The molecule has 4 nitrogen and oxygen atoms in total. The first-order valence-corrected chi connectivity index (χ1v) is 6.02. The second-order valence-corrected chi connectivity index (χ2v) is 5.00. The molecule has 0 bridgehead atoms. The van der Waals surface area contributed by atoms with E-state index in [0.717, 1.165) is 29.6 Å². The molecule has 2 N–H and O–H groups in total. The van der Waals surface area contributed by atoms with Gasteiger partial charge in [0, 0.05) is 30.8 Å². The van der Waals surface area contributed by atoms with Crippen LogP contribution in [0.1, 0.15) is 24.3 Å². The first kappa shape index (κ1) is 10.9. The van der Waals surface area contributed by atoms with E-state index in [4.69, 9.17) is 10.5 Å². The molecule has 2 unspecified atom stereocenters. The highest BCUT2D eigenvalue weighted by Crippen LogP contribution is 2.27. The number of ether oxygens (including phenoxy) is 1. The van der Waals surface area contributed by atoms with Crippen LogP contribution in [0.3, 0.4) is 0 Å². The van der Waals surface area contributed by atoms with Crippen molar-refractivity contribution in [1.29, 1.82) is 0 Å². The number of hydrogen-bond donors (Lipinski definition) is 1. The number of thiazole rings is 1. The van der Waals surface area contributed by atoms with Crippen molar-refractivity contribution in [2.24, 2.45) is 5.73 Å². The lowest BCUT2D eigenvalue weighted by Gasteiger charge is -2.21. The van der Waals surface area contributed by atoms with Gasteiger partial charge < -0.3 is 15.4 Å². The maximum absolute atomic E-state index is 5.81. The Hall–Kier alpha value is -0.650. The van der Waals surface area contributed by atoms with Gasteiger partial charge in [-0.1, -0.05) is 0 Å². The molecule has 0 aliphatic carbocycles. The molecule has 0 radical (unpaired) electrons. The van der Waals surface area contributed by atoms with Crippen LogP contribution in [0, 0.1) is 0 Å². The average Bonchev–Trinajstić information content (AvgIpc) is 2.88. The summed E-state index contributed by atoms with van der Waals surface area (Å²) in [6.45, 7) is 3.65. The molecule has 1 aliphatic heterocycles. The van der Waals surface area contributed by atoms with E-state index in [2.05, 4.69) is 16.9 Å². The highest BCUT2D eigenvalue weighted by Gasteiger charge is 2.22. The van der Waals surface area contributed by atoms with E-state index >= 15 is 0 Å². The summed E-state index contributed by atoms with van der Waals surface area (Å²) in [6, 6.07) is 0.543. The summed E-state index contributed by atoms with van der Waals surface area (Å²) < 4.78 is 5.36. The van der Waals surface area contributed by atoms with Crippen molar-refractivity contribution in [2.45, 2.75) is 25.4 Å². The molecule has 1 aromatic rings. The van der Waals surface area contributed by atoms with Crippen LogP contribution in [0.25, 0.3) is 0 Å². The van der Waals surface area contributed by atoms with Gasteiger partial charge in [0.25, 0.3) is 0 Å². The van der Waals surface area contributed by atoms with Crippen LogP contribution in [-0.4, -0.2) is 31.3 Å². The van der Waals surface area contributed by atoms with Crippen molar-refractivity contribution >= 4 is 16.5 Å². The van der Waals surface area contributed by atoms with Crippen LogP contribution in [0.2, 0.25) is 0 Å². The van der Waals surface area contributed by atoms with Crippen LogP contribution in [0.4, 0.5) is 5.13 Å². The molecule has 2 heterocycles. The van der Waals surface area contributed by atoms with Gasteiger partial charge in [-0.25, -0.2) is 4.98 Å². The van der Waals surface area contributed by atoms with Gasteiger partial charge in [-0.05, 0) is 13.3 Å². The van der Waals surface area contributed by atoms with E-state index in [-0.39, 0.29) is 6.04 Å². The molecular formula is C10H17N3OS. The second-order valence-electron chi connectivity index (χ2n) is 3.96. The molecule has 5 heteroatoms. The van der Waals surface area contributed by atoms with Crippen molar-refractivity contribution in [2.75, 3.05) is 25.2 Å². The number of rotatable bonds is 3. The summed E-state index contributed by atoms with van der Waals surface area (Å²) in [5.41, 5.74) is 5.81. The largest absolute Gasteiger partial charge is 0.379 e. The van der Waals surface area contributed by atoms with Crippen molar-refractivity contribution in [3.63, 3.8) is 0 Å². The van der Waals surface area contributed by atoms with Gasteiger partial charge in [0.1, 0.15) is 0 Å². The van der Waals surface area contributed by atoms with Crippen molar-refractivity contribution in [3.05, 3.63) is 11.1 Å². The number of nitrogens with two attached hydrogens (primary N) is 1. The zero-order chi connectivity index (χ0) is 10.8. The molecule has 15 heavy (non-hydrogen) atoms. The second kappa shape index (κ2) is 4.47. The van der Waals surface area contributed by atoms with Crippen molar-refractivity contribution < 1.29 is 4.74 Å². The van der Waals surface area contributed by atoms with Crippen molar-refractivity contribution in [3.8, 4) is 0 Å². The van der Waals surface area contributed by atoms with E-state index in [1.165, 1.54) is 0 Å². The van der Waals surface area contributed by atoms with Gasteiger partial charge in [0.05, 0.1) is 12.6 Å². The van der Waals surface area contributed by atoms with Crippen LogP contribution in [0.5, 0.6) is 0 Å². The molecule has 84 valence electrons. The van der Waals surface area contributed by atoms with Crippen LogP contribution < -0.4 is 10.6 Å². The Morgan fingerprint density at radius 3 is 3.07 bits per heavy atom. The van der Waals surface area contributed by atoms with E-state index in [0.29, 0.717) is 6.04 Å². The fourth-order valence-electron chi connectivity index (χ4n) is 1.63. The van der Waals surface area contributed by atoms with Gasteiger partial charge in [-0.3, -0.25) is 0 Å². The van der Waals surface area contributed by atoms with Gasteiger partial charge in [-0.15, -0.1) is 11.3 Å². The molecule has 1 saturated heterocycles. The Morgan fingerprint density at radius 2 is 2.53 bits per heavy atom. The molecule has 2 atom stereocenters. The van der Waals surface area contributed by atoms with Crippen LogP contribution in [0.15, 0.2) is 6.20 Å². The summed E-state index contributed by atoms with van der Waals surface area (Å²) in [5, 5.41) is 1.04. The van der Waals surface area contributed by atoms with Gasteiger partial charge in [-0.2, -0.15) is 0 Å². The zero-order valence-electron chi connectivity index (χ0n) is 9.14. The summed E-state index contributed by atoms with van der Waals surface area (Å²) in [7, 11) is 2.07. The third-order valence-electron chi connectivity index (χ3n) is 2.72. The molecule has 1 aromatic heterocycles. The summed E-state index contributed by atoms with van der Waals surface area (Å²) in [6.07, 6.45) is 2.96. The summed E-state index contributed by atoms with van der Waals surface area (Å²) >= 11 is 1.67. The fraction of sp³-hybridized carbons (Fsp3) is 0.700. The number of aromatic nitrogens is 1. The monoisotopic (exact) mass is 227 g/mol. The van der Waals surface area contributed by atoms with Gasteiger partial charge >= 0.3 is 0 Å². The zero-order valence-corrected chi connectivity index (χ0v) is 9.96. The molecular weight excluding hydrogens is 210 g/mol. The standard InChI is InChI=1S/C10H17N3OS/c1-7(11)9-5-12-10(15-9)13(2)8-3-4-14-6-8/h5,7-8H,3-4,6,11H2,1-2H3. The minimum atomic E-state index is 0.0736. The maximum atomic E-state index is 5.81. The molecule has 1 fully saturated rings. The summed E-state index contributed by atoms with van der Waals surface area (Å²) in [4.78, 5) is 7.72. The third kappa shape index (κ3) is 2.30. The smallest absolute Gasteiger partial charge is 0.185 e. The molecule has 0 saturated carbocycles. The average molecular weight is 227 g/mol. The third-order valence-corrected chi connectivity index (χ3v) is 4.00. The molecule has 0 aromatic carbocycles. The number of likely N-dealkylation sites (N-methyl/N-ethyl adjacent to an activating group) is 1. The molecule has 1 aliphatic rings. The minimum absolute atomic E-state index is 0.0736. The van der Waals surface area contributed by atoms with Crippen LogP contribution >= 0.6 is 11.3 Å². The van der Waals surface area contributed by atoms with E-state index < -0.39 is 0 Å². The van der Waals surface area contributed by atoms with Crippen LogP contribution in [-0.2, 0) is 4.74 Å². The van der Waals surface area contributed by atoms with Gasteiger partial charge in [0.15, 0.2) is 5.13 Å². The Kier molecular flexibility index (Phi) is 3.23. The minimum Gasteiger partial charge on any atom is -0.379 e. The lowest BCUT2D eigenvalue weighted by molar-refractivity contribution is 0.193. The Balaban J connectivity index is 2.07. The Morgan fingerprint density at radius 1 is 1.73 bits per heavy atom. The first-order valence-electron chi connectivity index (χ1n) is 5.20. The van der Waals surface area contributed by atoms with Crippen molar-refractivity contribution in [1.82, 2.24) is 4.98 Å². The van der Waals surface area contributed by atoms with E-state index in [1.807, 2.05) is 13.1 Å². The van der Waals surface area contributed by atoms with E-state index in [1.54, 1.807) is 11.3 Å². The molecule has 0 spiro atoms. The SMILES string of the molecule is CC(N)c1cnc(N(C)C2CCOC2)s1. The lowest BCUT2D eigenvalue weighted by atomic mass is 10.2. The Bertz CT molecular complexity index is 320. The molecule has 2 rings (SSSR count).